The number of benzene rings is 3. The van der Waals surface area contributed by atoms with E-state index in [0.29, 0.717) is 17.6 Å². The van der Waals surface area contributed by atoms with Gasteiger partial charge in [-0.3, -0.25) is 0 Å². The van der Waals surface area contributed by atoms with E-state index in [1.165, 1.54) is 5.56 Å². The smallest absolute Gasteiger partial charge is 0.156 e. The molecule has 0 spiro atoms. The average molecular weight is 387 g/mol. The molecule has 2 nitrogen and oxygen atoms in total. The Balaban J connectivity index is 1.84. The highest BCUT2D eigenvalue weighted by molar-refractivity contribution is 5.88. The zero-order chi connectivity index (χ0) is 20.4. The lowest BCUT2D eigenvalue weighted by molar-refractivity contribution is 0.415. The van der Waals surface area contributed by atoms with Gasteiger partial charge < -0.3 is 9.30 Å². The van der Waals surface area contributed by atoms with Crippen LogP contribution in [0, 0.1) is 12.7 Å². The molecule has 0 bridgehead atoms. The lowest BCUT2D eigenvalue weighted by Crippen LogP contribution is -2.02. The minimum absolute atomic E-state index is 0.170. The largest absolute Gasteiger partial charge is 0.497 e. The topological polar surface area (TPSA) is 14.2 Å². The van der Waals surface area contributed by atoms with Crippen LogP contribution >= 0.6 is 0 Å². The molecule has 0 atom stereocenters. The fourth-order valence-corrected chi connectivity index (χ4v) is 3.91. The van der Waals surface area contributed by atoms with Crippen molar-refractivity contribution in [3.05, 3.63) is 89.2 Å². The maximum atomic E-state index is 15.6. The third kappa shape index (κ3) is 3.77. The molecule has 148 valence electrons. The van der Waals surface area contributed by atoms with E-state index in [2.05, 4.69) is 35.8 Å². The second-order valence-corrected chi connectivity index (χ2v) is 7.56. The van der Waals surface area contributed by atoms with Crippen molar-refractivity contribution >= 4 is 10.9 Å². The van der Waals surface area contributed by atoms with E-state index < -0.39 is 0 Å². The summed E-state index contributed by atoms with van der Waals surface area (Å²) in [5.41, 5.74) is 5.93. The molecule has 4 rings (SSSR count). The molecule has 0 saturated heterocycles. The summed E-state index contributed by atoms with van der Waals surface area (Å²) < 4.78 is 22.9. The lowest BCUT2D eigenvalue weighted by atomic mass is 10.1. The monoisotopic (exact) mass is 387 g/mol. The van der Waals surface area contributed by atoms with Gasteiger partial charge in [0.05, 0.1) is 18.3 Å². The van der Waals surface area contributed by atoms with Crippen molar-refractivity contribution in [2.24, 2.45) is 0 Å². The maximum absolute atomic E-state index is 15.6. The van der Waals surface area contributed by atoms with Gasteiger partial charge >= 0.3 is 0 Å². The molecule has 4 aromatic rings. The molecule has 29 heavy (non-hydrogen) atoms. The standard InChI is InChI=1S/C26H26FNO/c1-4-5-19-7-9-20(10-8-19)17-28-24-15-6-18(2)16-23(24)25(27)26(28)21-11-13-22(29-3)14-12-21/h6-16H,4-5,17H2,1-3H3. The van der Waals surface area contributed by atoms with Crippen LogP contribution in [0.5, 0.6) is 5.75 Å². The Hall–Kier alpha value is -3.07. The number of hydrogen-bond donors (Lipinski definition) is 0. The molecule has 0 radical (unpaired) electrons. The summed E-state index contributed by atoms with van der Waals surface area (Å²) in [5.74, 6) is 0.593. The first-order valence-corrected chi connectivity index (χ1v) is 10.1. The molecule has 3 heteroatoms. The van der Waals surface area contributed by atoms with Crippen LogP contribution < -0.4 is 4.74 Å². The van der Waals surface area contributed by atoms with E-state index in [-0.39, 0.29) is 5.82 Å². The molecule has 0 fully saturated rings. The van der Waals surface area contributed by atoms with Gasteiger partial charge in [0.2, 0.25) is 0 Å². The van der Waals surface area contributed by atoms with Crippen molar-refractivity contribution in [1.82, 2.24) is 4.57 Å². The molecule has 0 amide bonds. The van der Waals surface area contributed by atoms with E-state index in [1.807, 2.05) is 49.4 Å². The molecule has 0 aliphatic rings. The van der Waals surface area contributed by atoms with Crippen LogP contribution in [0.2, 0.25) is 0 Å². The Labute approximate surface area is 171 Å². The van der Waals surface area contributed by atoms with E-state index in [1.54, 1.807) is 7.11 Å². The molecule has 0 unspecified atom stereocenters. The van der Waals surface area contributed by atoms with Crippen LogP contribution in [0.25, 0.3) is 22.2 Å². The van der Waals surface area contributed by atoms with Gasteiger partial charge in [0.15, 0.2) is 5.82 Å². The fourth-order valence-electron chi connectivity index (χ4n) is 3.91. The number of nitrogens with zero attached hydrogens (tertiary/aromatic N) is 1. The molecular weight excluding hydrogens is 361 g/mol. The number of halogens is 1. The fraction of sp³-hybridized carbons (Fsp3) is 0.231. The number of fused-ring (bicyclic) bond motifs is 1. The molecule has 1 heterocycles. The zero-order valence-corrected chi connectivity index (χ0v) is 17.2. The molecule has 1 aromatic heterocycles. The van der Waals surface area contributed by atoms with Gasteiger partial charge in [-0.05, 0) is 60.9 Å². The summed E-state index contributed by atoms with van der Waals surface area (Å²) >= 11 is 0. The first-order valence-electron chi connectivity index (χ1n) is 10.1. The minimum Gasteiger partial charge on any atom is -0.497 e. The van der Waals surface area contributed by atoms with Crippen LogP contribution in [-0.2, 0) is 13.0 Å². The van der Waals surface area contributed by atoms with Gasteiger partial charge in [0.25, 0.3) is 0 Å². The van der Waals surface area contributed by atoms with E-state index in [9.17, 15) is 0 Å². The van der Waals surface area contributed by atoms with Crippen molar-refractivity contribution < 1.29 is 9.13 Å². The van der Waals surface area contributed by atoms with Gasteiger partial charge in [0.1, 0.15) is 5.75 Å². The Morgan fingerprint density at radius 1 is 0.897 bits per heavy atom. The summed E-state index contributed by atoms with van der Waals surface area (Å²) in [6.07, 6.45) is 2.21. The van der Waals surface area contributed by atoms with Gasteiger partial charge in [-0.2, -0.15) is 0 Å². The Morgan fingerprint density at radius 2 is 1.59 bits per heavy atom. The van der Waals surface area contributed by atoms with Crippen molar-refractivity contribution in [3.63, 3.8) is 0 Å². The number of rotatable bonds is 6. The highest BCUT2D eigenvalue weighted by Gasteiger charge is 2.19. The van der Waals surface area contributed by atoms with E-state index in [4.69, 9.17) is 4.74 Å². The van der Waals surface area contributed by atoms with Crippen LogP contribution in [0.3, 0.4) is 0 Å². The molecule has 0 aliphatic carbocycles. The van der Waals surface area contributed by atoms with E-state index >= 15 is 4.39 Å². The summed E-state index contributed by atoms with van der Waals surface area (Å²) in [6, 6.07) is 22.2. The number of ether oxygens (including phenoxy) is 1. The Morgan fingerprint density at radius 3 is 2.24 bits per heavy atom. The quantitative estimate of drug-likeness (QED) is 0.356. The molecule has 0 N–H and O–H groups in total. The predicted molar refractivity (Wildman–Crippen MR) is 118 cm³/mol. The van der Waals surface area contributed by atoms with Gasteiger partial charge in [-0.15, -0.1) is 0 Å². The molecule has 0 aliphatic heterocycles. The van der Waals surface area contributed by atoms with Crippen molar-refractivity contribution in [2.45, 2.75) is 33.2 Å². The normalized spacial score (nSPS) is 11.2. The van der Waals surface area contributed by atoms with Crippen molar-refractivity contribution in [2.75, 3.05) is 7.11 Å². The maximum Gasteiger partial charge on any atom is 0.156 e. The Bertz CT molecular complexity index is 1120. The predicted octanol–water partition coefficient (Wildman–Crippen LogP) is 6.77. The summed E-state index contributed by atoms with van der Waals surface area (Å²) in [6.45, 7) is 4.80. The zero-order valence-electron chi connectivity index (χ0n) is 17.2. The van der Waals surface area contributed by atoms with Gasteiger partial charge in [-0.25, -0.2) is 4.39 Å². The van der Waals surface area contributed by atoms with Crippen molar-refractivity contribution in [1.29, 1.82) is 0 Å². The summed E-state index contributed by atoms with van der Waals surface area (Å²) in [5, 5.41) is 0.665. The third-order valence-corrected chi connectivity index (χ3v) is 5.42. The number of aromatic nitrogens is 1. The SMILES string of the molecule is CCCc1ccc(Cn2c(-c3ccc(OC)cc3)c(F)c3cc(C)ccc32)cc1. The summed E-state index contributed by atoms with van der Waals surface area (Å²) in [7, 11) is 1.64. The third-order valence-electron chi connectivity index (χ3n) is 5.42. The first-order chi connectivity index (χ1) is 14.1. The summed E-state index contributed by atoms with van der Waals surface area (Å²) in [4.78, 5) is 0. The van der Waals surface area contributed by atoms with Crippen LogP contribution in [0.15, 0.2) is 66.7 Å². The van der Waals surface area contributed by atoms with Crippen LogP contribution in [-0.4, -0.2) is 11.7 Å². The first kappa shape index (κ1) is 19.3. The Kier molecular flexibility index (Phi) is 5.39. The minimum atomic E-state index is -0.170. The number of aryl methyl sites for hydroxylation is 2. The van der Waals surface area contributed by atoms with Gasteiger partial charge in [-0.1, -0.05) is 49.2 Å². The van der Waals surface area contributed by atoms with E-state index in [0.717, 1.165) is 40.8 Å². The second-order valence-electron chi connectivity index (χ2n) is 7.56. The average Bonchev–Trinajstić information content (AvgIpc) is 3.01. The molecule has 3 aromatic carbocycles. The highest BCUT2D eigenvalue weighted by atomic mass is 19.1. The van der Waals surface area contributed by atoms with Crippen LogP contribution in [0.4, 0.5) is 4.39 Å². The lowest BCUT2D eigenvalue weighted by Gasteiger charge is -2.12. The van der Waals surface area contributed by atoms with Gasteiger partial charge in [0, 0.05) is 17.5 Å². The van der Waals surface area contributed by atoms with Crippen LogP contribution in [0.1, 0.15) is 30.0 Å². The number of methoxy groups -OCH3 is 1. The van der Waals surface area contributed by atoms with Crippen molar-refractivity contribution in [3.8, 4) is 17.0 Å². The number of hydrogen-bond acceptors (Lipinski definition) is 1. The highest BCUT2D eigenvalue weighted by Crippen LogP contribution is 2.34. The molecular formula is C26H26FNO. The second kappa shape index (κ2) is 8.12. The molecule has 0 saturated carbocycles.